The van der Waals surface area contributed by atoms with Crippen LogP contribution >= 0.6 is 0 Å². The number of carbonyl (C=O) groups is 1. The molecule has 1 saturated heterocycles. The first kappa shape index (κ1) is 28.0. The fraction of sp³-hybridized carbons (Fsp3) is 0.424. The SMILES string of the molecule is CCc1cc(C)cc(CC)c1NC(=O)CN1CC(c2ccc3c(c2)OCCO3)CC1c1ccc(OCCO)cc1. The van der Waals surface area contributed by atoms with Gasteiger partial charge in [0.25, 0.3) is 0 Å². The average molecular weight is 545 g/mol. The van der Waals surface area contributed by atoms with Crippen LogP contribution in [0.2, 0.25) is 0 Å². The van der Waals surface area contributed by atoms with Crippen molar-refractivity contribution in [3.05, 3.63) is 82.4 Å². The number of aliphatic hydroxyl groups excluding tert-OH is 1. The number of nitrogens with one attached hydrogen (secondary N) is 1. The maximum absolute atomic E-state index is 13.5. The van der Waals surface area contributed by atoms with E-state index in [0.29, 0.717) is 19.8 Å². The molecule has 2 aliphatic heterocycles. The van der Waals surface area contributed by atoms with Crippen LogP contribution in [0.3, 0.4) is 0 Å². The molecule has 2 unspecified atom stereocenters. The largest absolute Gasteiger partial charge is 0.491 e. The van der Waals surface area contributed by atoms with E-state index in [0.717, 1.165) is 54.3 Å². The second-order valence-corrected chi connectivity index (χ2v) is 10.6. The normalized spacial score (nSPS) is 18.5. The van der Waals surface area contributed by atoms with Gasteiger partial charge in [0.1, 0.15) is 25.6 Å². The lowest BCUT2D eigenvalue weighted by Crippen LogP contribution is -2.33. The van der Waals surface area contributed by atoms with Gasteiger partial charge in [-0.15, -0.1) is 0 Å². The molecule has 40 heavy (non-hydrogen) atoms. The van der Waals surface area contributed by atoms with E-state index in [4.69, 9.17) is 19.3 Å². The van der Waals surface area contributed by atoms with Crippen LogP contribution in [0.5, 0.6) is 17.2 Å². The number of nitrogens with zero attached hydrogens (tertiary/aromatic N) is 1. The molecule has 7 nitrogen and oxygen atoms in total. The Morgan fingerprint density at radius 3 is 2.33 bits per heavy atom. The van der Waals surface area contributed by atoms with Crippen LogP contribution in [0.15, 0.2) is 54.6 Å². The number of fused-ring (bicyclic) bond motifs is 1. The number of ether oxygens (including phenoxy) is 3. The number of hydrogen-bond donors (Lipinski definition) is 2. The average Bonchev–Trinajstić information content (AvgIpc) is 3.40. The van der Waals surface area contributed by atoms with Gasteiger partial charge in [-0.05, 0) is 78.6 Å². The quantitative estimate of drug-likeness (QED) is 0.354. The van der Waals surface area contributed by atoms with Gasteiger partial charge in [-0.2, -0.15) is 0 Å². The highest BCUT2D eigenvalue weighted by Gasteiger charge is 2.35. The number of likely N-dealkylation sites (tertiary alicyclic amines) is 1. The molecule has 1 amide bonds. The van der Waals surface area contributed by atoms with Crippen molar-refractivity contribution >= 4 is 11.6 Å². The minimum Gasteiger partial charge on any atom is -0.491 e. The second-order valence-electron chi connectivity index (χ2n) is 10.6. The van der Waals surface area contributed by atoms with Gasteiger partial charge in [-0.1, -0.05) is 49.7 Å². The van der Waals surface area contributed by atoms with Crippen molar-refractivity contribution in [2.75, 3.05) is 44.8 Å². The summed E-state index contributed by atoms with van der Waals surface area (Å²) >= 11 is 0. The number of aryl methyl sites for hydroxylation is 3. The number of benzene rings is 3. The molecule has 0 radical (unpaired) electrons. The zero-order valence-corrected chi connectivity index (χ0v) is 23.7. The smallest absolute Gasteiger partial charge is 0.238 e. The number of anilines is 1. The number of aliphatic hydroxyl groups is 1. The Kier molecular flexibility index (Phi) is 8.92. The van der Waals surface area contributed by atoms with Crippen molar-refractivity contribution in [1.82, 2.24) is 4.90 Å². The minimum absolute atomic E-state index is 0.00368. The Hall–Kier alpha value is -3.55. The molecule has 5 rings (SSSR count). The van der Waals surface area contributed by atoms with Crippen molar-refractivity contribution in [3.8, 4) is 17.2 Å². The van der Waals surface area contributed by atoms with Crippen LogP contribution in [-0.4, -0.2) is 55.4 Å². The third-order valence-corrected chi connectivity index (χ3v) is 7.88. The Morgan fingerprint density at radius 1 is 0.975 bits per heavy atom. The van der Waals surface area contributed by atoms with E-state index in [1.165, 1.54) is 22.3 Å². The molecule has 2 aliphatic rings. The molecule has 0 spiro atoms. The van der Waals surface area contributed by atoms with Crippen molar-refractivity contribution in [1.29, 1.82) is 0 Å². The second kappa shape index (κ2) is 12.7. The van der Waals surface area contributed by atoms with Gasteiger partial charge < -0.3 is 24.6 Å². The molecule has 0 saturated carbocycles. The van der Waals surface area contributed by atoms with E-state index in [-0.39, 0.29) is 31.1 Å². The summed E-state index contributed by atoms with van der Waals surface area (Å²) in [5, 5.41) is 12.4. The Balaban J connectivity index is 1.38. The van der Waals surface area contributed by atoms with Crippen LogP contribution in [0.25, 0.3) is 0 Å². The zero-order chi connectivity index (χ0) is 28.1. The van der Waals surface area contributed by atoms with Crippen LogP contribution < -0.4 is 19.5 Å². The van der Waals surface area contributed by atoms with Crippen molar-refractivity contribution in [3.63, 3.8) is 0 Å². The highest BCUT2D eigenvalue weighted by Crippen LogP contribution is 2.43. The number of hydrogen-bond acceptors (Lipinski definition) is 6. The van der Waals surface area contributed by atoms with Gasteiger partial charge in [-0.25, -0.2) is 0 Å². The molecular weight excluding hydrogens is 504 g/mol. The maximum atomic E-state index is 13.5. The summed E-state index contributed by atoms with van der Waals surface area (Å²) in [5.41, 5.74) is 6.87. The van der Waals surface area contributed by atoms with Gasteiger partial charge in [0, 0.05) is 18.3 Å². The zero-order valence-electron chi connectivity index (χ0n) is 23.7. The van der Waals surface area contributed by atoms with E-state index in [1.807, 2.05) is 18.2 Å². The molecule has 7 heteroatoms. The van der Waals surface area contributed by atoms with E-state index in [1.54, 1.807) is 0 Å². The first-order valence-corrected chi connectivity index (χ1v) is 14.4. The fourth-order valence-corrected chi connectivity index (χ4v) is 5.95. The van der Waals surface area contributed by atoms with E-state index >= 15 is 0 Å². The first-order valence-electron chi connectivity index (χ1n) is 14.4. The molecule has 2 heterocycles. The summed E-state index contributed by atoms with van der Waals surface area (Å²) in [6.07, 6.45) is 2.62. The Labute approximate surface area is 237 Å². The van der Waals surface area contributed by atoms with Gasteiger partial charge >= 0.3 is 0 Å². The molecule has 2 N–H and O–H groups in total. The van der Waals surface area contributed by atoms with Gasteiger partial charge in [0.15, 0.2) is 11.5 Å². The summed E-state index contributed by atoms with van der Waals surface area (Å²) in [4.78, 5) is 15.8. The predicted molar refractivity (Wildman–Crippen MR) is 157 cm³/mol. The fourth-order valence-electron chi connectivity index (χ4n) is 5.95. The summed E-state index contributed by atoms with van der Waals surface area (Å²) in [7, 11) is 0. The van der Waals surface area contributed by atoms with Gasteiger partial charge in [0.05, 0.1) is 13.2 Å². The topological polar surface area (TPSA) is 80.3 Å². The predicted octanol–water partition coefficient (Wildman–Crippen LogP) is 5.43. The molecule has 2 atom stereocenters. The molecule has 0 bridgehead atoms. The monoisotopic (exact) mass is 544 g/mol. The minimum atomic E-state index is -0.0229. The third-order valence-electron chi connectivity index (χ3n) is 7.88. The maximum Gasteiger partial charge on any atom is 0.238 e. The third kappa shape index (κ3) is 6.26. The lowest BCUT2D eigenvalue weighted by atomic mass is 9.93. The highest BCUT2D eigenvalue weighted by molar-refractivity contribution is 5.94. The Bertz CT molecular complexity index is 1300. The van der Waals surface area contributed by atoms with Crippen LogP contribution in [-0.2, 0) is 17.6 Å². The van der Waals surface area contributed by atoms with E-state index < -0.39 is 0 Å². The van der Waals surface area contributed by atoms with Crippen LogP contribution in [0.1, 0.15) is 60.0 Å². The molecule has 3 aromatic carbocycles. The van der Waals surface area contributed by atoms with Gasteiger partial charge in [0.2, 0.25) is 5.91 Å². The standard InChI is InChI=1S/C33H40N2O5/c1-4-23-16-22(3)17-24(5-2)33(23)34-32(37)21-35-20-27(26-8-11-30-31(19-26)40-15-14-39-30)18-29(35)25-6-9-28(10-7-25)38-13-12-36/h6-11,16-17,19,27,29,36H,4-5,12-15,18,20-21H2,1-3H3,(H,34,37). The lowest BCUT2D eigenvalue weighted by Gasteiger charge is -2.25. The van der Waals surface area contributed by atoms with Gasteiger partial charge in [-0.3, -0.25) is 9.69 Å². The first-order chi connectivity index (χ1) is 19.5. The van der Waals surface area contributed by atoms with Crippen LogP contribution in [0, 0.1) is 6.92 Å². The summed E-state index contributed by atoms with van der Waals surface area (Å²) < 4.78 is 17.2. The number of rotatable bonds is 10. The van der Waals surface area contributed by atoms with Crippen molar-refractivity contribution < 1.29 is 24.1 Å². The van der Waals surface area contributed by atoms with E-state index in [9.17, 15) is 4.79 Å². The summed E-state index contributed by atoms with van der Waals surface area (Å²) in [5.74, 6) is 2.55. The molecular formula is C33H40N2O5. The molecule has 0 aliphatic carbocycles. The molecule has 212 valence electrons. The lowest BCUT2D eigenvalue weighted by molar-refractivity contribution is -0.117. The molecule has 0 aromatic heterocycles. The molecule has 1 fully saturated rings. The van der Waals surface area contributed by atoms with Crippen molar-refractivity contribution in [2.45, 2.75) is 52.0 Å². The summed E-state index contributed by atoms with van der Waals surface area (Å²) in [6, 6.07) is 18.6. The summed E-state index contributed by atoms with van der Waals surface area (Å²) in [6.45, 7) is 8.79. The Morgan fingerprint density at radius 2 is 1.65 bits per heavy atom. The van der Waals surface area contributed by atoms with E-state index in [2.05, 4.69) is 67.4 Å². The number of carbonyl (C=O) groups excluding carboxylic acids is 1. The number of amides is 1. The van der Waals surface area contributed by atoms with Crippen molar-refractivity contribution in [2.24, 2.45) is 0 Å². The highest BCUT2D eigenvalue weighted by atomic mass is 16.6. The molecule has 3 aromatic rings. The van der Waals surface area contributed by atoms with Crippen LogP contribution in [0.4, 0.5) is 5.69 Å².